The molecule has 3 fully saturated rings. The van der Waals surface area contributed by atoms with E-state index in [-0.39, 0.29) is 0 Å². The second-order valence-electron chi connectivity index (χ2n) is 7.76. The van der Waals surface area contributed by atoms with Crippen LogP contribution in [0.3, 0.4) is 0 Å². The SMILES string of the molecule is COC1CC(NC2CCCC2C2CCCCN2)C1(C)C. The van der Waals surface area contributed by atoms with Gasteiger partial charge in [-0.15, -0.1) is 0 Å². The maximum atomic E-state index is 5.59. The Morgan fingerprint density at radius 1 is 1.10 bits per heavy atom. The fourth-order valence-electron chi connectivity index (χ4n) is 4.75. The predicted molar refractivity (Wildman–Crippen MR) is 82.9 cm³/mol. The molecule has 1 heterocycles. The number of ether oxygens (including phenoxy) is 1. The number of rotatable bonds is 4. The van der Waals surface area contributed by atoms with Gasteiger partial charge in [-0.05, 0) is 44.6 Å². The molecule has 3 aliphatic rings. The van der Waals surface area contributed by atoms with Gasteiger partial charge in [-0.2, -0.15) is 0 Å². The van der Waals surface area contributed by atoms with Crippen LogP contribution in [0.25, 0.3) is 0 Å². The van der Waals surface area contributed by atoms with E-state index >= 15 is 0 Å². The van der Waals surface area contributed by atoms with E-state index in [0.29, 0.717) is 17.6 Å². The molecule has 2 aliphatic carbocycles. The monoisotopic (exact) mass is 280 g/mol. The Bertz CT molecular complexity index is 325. The Labute approximate surface area is 124 Å². The summed E-state index contributed by atoms with van der Waals surface area (Å²) in [4.78, 5) is 0. The summed E-state index contributed by atoms with van der Waals surface area (Å²) in [7, 11) is 1.85. The molecule has 0 bridgehead atoms. The molecule has 1 aliphatic heterocycles. The number of piperidine rings is 1. The molecule has 2 saturated carbocycles. The molecule has 3 heteroatoms. The van der Waals surface area contributed by atoms with Crippen molar-refractivity contribution < 1.29 is 4.74 Å². The molecule has 0 radical (unpaired) electrons. The lowest BCUT2D eigenvalue weighted by Crippen LogP contribution is -2.63. The average Bonchev–Trinajstić information content (AvgIpc) is 2.92. The van der Waals surface area contributed by atoms with Gasteiger partial charge in [-0.3, -0.25) is 0 Å². The maximum absolute atomic E-state index is 5.59. The van der Waals surface area contributed by atoms with Crippen molar-refractivity contribution in [2.45, 2.75) is 83.0 Å². The molecule has 0 aromatic rings. The van der Waals surface area contributed by atoms with Gasteiger partial charge in [-0.25, -0.2) is 0 Å². The maximum Gasteiger partial charge on any atom is 0.0652 e. The second-order valence-corrected chi connectivity index (χ2v) is 7.76. The van der Waals surface area contributed by atoms with E-state index in [0.717, 1.165) is 18.0 Å². The van der Waals surface area contributed by atoms with Crippen LogP contribution in [0.5, 0.6) is 0 Å². The van der Waals surface area contributed by atoms with Gasteiger partial charge in [0, 0.05) is 30.7 Å². The summed E-state index contributed by atoms with van der Waals surface area (Å²) in [5.41, 5.74) is 0.294. The highest BCUT2D eigenvalue weighted by atomic mass is 16.5. The van der Waals surface area contributed by atoms with Crippen LogP contribution < -0.4 is 10.6 Å². The van der Waals surface area contributed by atoms with Gasteiger partial charge in [0.1, 0.15) is 0 Å². The van der Waals surface area contributed by atoms with Crippen LogP contribution in [-0.2, 0) is 4.74 Å². The van der Waals surface area contributed by atoms with Gasteiger partial charge < -0.3 is 15.4 Å². The van der Waals surface area contributed by atoms with Crippen molar-refractivity contribution in [3.05, 3.63) is 0 Å². The average molecular weight is 280 g/mol. The van der Waals surface area contributed by atoms with Crippen LogP contribution in [0.2, 0.25) is 0 Å². The summed E-state index contributed by atoms with van der Waals surface area (Å²) in [5.74, 6) is 0.854. The number of hydrogen-bond acceptors (Lipinski definition) is 3. The zero-order valence-corrected chi connectivity index (χ0v) is 13.5. The quantitative estimate of drug-likeness (QED) is 0.831. The van der Waals surface area contributed by atoms with Crippen molar-refractivity contribution in [2.24, 2.45) is 11.3 Å². The standard InChI is InChI=1S/C17H32N2O/c1-17(2)15(11-16(17)20-3)19-14-9-6-7-12(14)13-8-4-5-10-18-13/h12-16,18-19H,4-11H2,1-3H3. The van der Waals surface area contributed by atoms with Crippen molar-refractivity contribution in [1.82, 2.24) is 10.6 Å². The Morgan fingerprint density at radius 2 is 1.95 bits per heavy atom. The third kappa shape index (κ3) is 2.65. The molecule has 3 nitrogen and oxygen atoms in total. The zero-order valence-electron chi connectivity index (χ0n) is 13.5. The van der Waals surface area contributed by atoms with Gasteiger partial charge >= 0.3 is 0 Å². The summed E-state index contributed by atoms with van der Waals surface area (Å²) < 4.78 is 5.59. The third-order valence-electron chi connectivity index (χ3n) is 6.31. The molecular formula is C17H32N2O. The van der Waals surface area contributed by atoms with Gasteiger partial charge in [0.2, 0.25) is 0 Å². The first-order valence-corrected chi connectivity index (χ1v) is 8.65. The number of nitrogens with one attached hydrogen (secondary N) is 2. The van der Waals surface area contributed by atoms with Gasteiger partial charge in [0.25, 0.3) is 0 Å². The highest BCUT2D eigenvalue weighted by Crippen LogP contribution is 2.44. The van der Waals surface area contributed by atoms with Crippen molar-refractivity contribution in [1.29, 1.82) is 0 Å². The van der Waals surface area contributed by atoms with Crippen molar-refractivity contribution in [2.75, 3.05) is 13.7 Å². The first-order valence-electron chi connectivity index (χ1n) is 8.65. The van der Waals surface area contributed by atoms with Gasteiger partial charge in [-0.1, -0.05) is 26.7 Å². The lowest BCUT2D eigenvalue weighted by molar-refractivity contribution is -0.102. The lowest BCUT2D eigenvalue weighted by atomic mass is 9.64. The van der Waals surface area contributed by atoms with E-state index in [9.17, 15) is 0 Å². The molecule has 5 atom stereocenters. The molecule has 5 unspecified atom stereocenters. The number of hydrogen-bond donors (Lipinski definition) is 2. The Hall–Kier alpha value is -0.120. The molecule has 1 saturated heterocycles. The largest absolute Gasteiger partial charge is 0.381 e. The molecule has 3 rings (SSSR count). The van der Waals surface area contributed by atoms with E-state index in [1.807, 2.05) is 7.11 Å². The first kappa shape index (κ1) is 14.8. The second kappa shape index (κ2) is 5.94. The summed E-state index contributed by atoms with van der Waals surface area (Å²) in [6.45, 7) is 5.94. The molecule has 0 amide bonds. The van der Waals surface area contributed by atoms with E-state index in [2.05, 4.69) is 24.5 Å². The molecule has 2 N–H and O–H groups in total. The van der Waals surface area contributed by atoms with Crippen LogP contribution in [0, 0.1) is 11.3 Å². The van der Waals surface area contributed by atoms with Crippen LogP contribution in [0.1, 0.15) is 58.8 Å². The fourth-order valence-corrected chi connectivity index (χ4v) is 4.75. The van der Waals surface area contributed by atoms with Crippen molar-refractivity contribution >= 4 is 0 Å². The Balaban J connectivity index is 1.56. The lowest BCUT2D eigenvalue weighted by Gasteiger charge is -2.53. The zero-order chi connectivity index (χ0) is 14.2. The minimum absolute atomic E-state index is 0.294. The van der Waals surface area contributed by atoms with Gasteiger partial charge in [0.05, 0.1) is 6.10 Å². The topological polar surface area (TPSA) is 33.3 Å². The van der Waals surface area contributed by atoms with Gasteiger partial charge in [0.15, 0.2) is 0 Å². The smallest absolute Gasteiger partial charge is 0.0652 e. The van der Waals surface area contributed by atoms with Crippen LogP contribution in [0.15, 0.2) is 0 Å². The van der Waals surface area contributed by atoms with Crippen molar-refractivity contribution in [3.63, 3.8) is 0 Å². The molecule has 0 spiro atoms. The summed E-state index contributed by atoms with van der Waals surface area (Å²) in [6.07, 6.45) is 9.98. The van der Waals surface area contributed by atoms with Crippen LogP contribution in [0.4, 0.5) is 0 Å². The summed E-state index contributed by atoms with van der Waals surface area (Å²) in [5, 5.41) is 7.77. The van der Waals surface area contributed by atoms with Crippen LogP contribution in [-0.4, -0.2) is 37.9 Å². The highest BCUT2D eigenvalue weighted by Gasteiger charge is 2.50. The Morgan fingerprint density at radius 3 is 2.60 bits per heavy atom. The molecule has 0 aromatic heterocycles. The van der Waals surface area contributed by atoms with E-state index in [1.165, 1.54) is 51.5 Å². The minimum Gasteiger partial charge on any atom is -0.381 e. The number of methoxy groups -OCH3 is 1. The normalized spacial score (nSPS) is 44.2. The first-order chi connectivity index (χ1) is 9.63. The summed E-state index contributed by atoms with van der Waals surface area (Å²) in [6, 6.07) is 2.14. The molecule has 116 valence electrons. The minimum atomic E-state index is 0.294. The van der Waals surface area contributed by atoms with E-state index < -0.39 is 0 Å². The predicted octanol–water partition coefficient (Wildman–Crippen LogP) is 2.70. The third-order valence-corrected chi connectivity index (χ3v) is 6.31. The Kier molecular flexibility index (Phi) is 4.40. The summed E-state index contributed by atoms with van der Waals surface area (Å²) >= 11 is 0. The molecule has 20 heavy (non-hydrogen) atoms. The van der Waals surface area contributed by atoms with Crippen LogP contribution >= 0.6 is 0 Å². The molecule has 0 aromatic carbocycles. The fraction of sp³-hybridized carbons (Fsp3) is 1.00. The molecular weight excluding hydrogens is 248 g/mol. The van der Waals surface area contributed by atoms with E-state index in [4.69, 9.17) is 4.74 Å². The van der Waals surface area contributed by atoms with Crippen molar-refractivity contribution in [3.8, 4) is 0 Å². The highest BCUT2D eigenvalue weighted by molar-refractivity contribution is 5.05. The van der Waals surface area contributed by atoms with E-state index in [1.54, 1.807) is 0 Å².